The van der Waals surface area contributed by atoms with Gasteiger partial charge in [0.25, 0.3) is 0 Å². The highest BCUT2D eigenvalue weighted by molar-refractivity contribution is 6.32. The molecule has 0 aliphatic carbocycles. The monoisotopic (exact) mass is 296 g/mol. The lowest BCUT2D eigenvalue weighted by atomic mass is 10.2. The second kappa shape index (κ2) is 6.79. The Morgan fingerprint density at radius 2 is 2.10 bits per heavy atom. The van der Waals surface area contributed by atoms with Crippen LogP contribution >= 0.6 is 11.6 Å². The number of carboxylic acid groups (broad SMARTS) is 1. The van der Waals surface area contributed by atoms with Gasteiger partial charge in [-0.2, -0.15) is 0 Å². The van der Waals surface area contributed by atoms with Crippen LogP contribution in [0.2, 0.25) is 5.02 Å². The van der Waals surface area contributed by atoms with E-state index < -0.39 is 5.97 Å². The average Bonchev–Trinajstić information content (AvgIpc) is 2.85. The van der Waals surface area contributed by atoms with E-state index in [1.807, 2.05) is 6.07 Å². The number of hydrogen-bond acceptors (Lipinski definition) is 3. The van der Waals surface area contributed by atoms with Crippen molar-refractivity contribution >= 4 is 23.6 Å². The van der Waals surface area contributed by atoms with Crippen LogP contribution in [0.4, 0.5) is 0 Å². The van der Waals surface area contributed by atoms with Gasteiger partial charge >= 0.3 is 5.97 Å². The third kappa shape index (κ3) is 3.63. The molecule has 5 nitrogen and oxygen atoms in total. The zero-order chi connectivity index (χ0) is 13.8. The number of rotatable bonds is 4. The fraction of sp³-hybridized carbons (Fsp3) is 0.0714. The maximum atomic E-state index is 10.4. The molecule has 0 saturated heterocycles. The first-order chi connectivity index (χ1) is 9.10. The fourth-order valence-corrected chi connectivity index (χ4v) is 1.83. The van der Waals surface area contributed by atoms with Gasteiger partial charge in [-0.15, -0.1) is 0 Å². The summed E-state index contributed by atoms with van der Waals surface area (Å²) in [6.07, 6.45) is 2.40. The number of carboxylic acids is 1. The number of furan rings is 1. The molecule has 0 bridgehead atoms. The number of methoxy groups -OCH3 is 1. The molecule has 2 rings (SSSR count). The van der Waals surface area contributed by atoms with Crippen molar-refractivity contribution < 1.29 is 24.5 Å². The molecule has 3 N–H and O–H groups in total. The van der Waals surface area contributed by atoms with E-state index in [4.69, 9.17) is 25.9 Å². The van der Waals surface area contributed by atoms with Gasteiger partial charge in [0.15, 0.2) is 0 Å². The second-order valence-corrected chi connectivity index (χ2v) is 4.13. The van der Waals surface area contributed by atoms with Crippen LogP contribution in [0.1, 0.15) is 5.76 Å². The van der Waals surface area contributed by atoms with Crippen molar-refractivity contribution in [1.29, 1.82) is 0 Å². The van der Waals surface area contributed by atoms with Crippen LogP contribution in [0.25, 0.3) is 17.4 Å². The van der Waals surface area contributed by atoms with E-state index in [-0.39, 0.29) is 5.48 Å². The van der Waals surface area contributed by atoms with Crippen LogP contribution in [0.15, 0.2) is 40.8 Å². The van der Waals surface area contributed by atoms with E-state index >= 15 is 0 Å². The Balaban J connectivity index is 0.00000200. The number of halogens is 1. The molecule has 0 atom stereocenters. The highest BCUT2D eigenvalue weighted by Gasteiger charge is 2.07. The van der Waals surface area contributed by atoms with Crippen LogP contribution in [0.3, 0.4) is 0 Å². The van der Waals surface area contributed by atoms with Crippen molar-refractivity contribution in [3.63, 3.8) is 0 Å². The predicted octanol–water partition coefficient (Wildman–Crippen LogP) is 2.88. The van der Waals surface area contributed by atoms with Crippen molar-refractivity contribution in [3.8, 4) is 17.1 Å². The minimum atomic E-state index is -1.02. The van der Waals surface area contributed by atoms with Crippen LogP contribution in [0.5, 0.6) is 5.75 Å². The SMILES string of the molecule is COc1ccc(-c2ccc(/C=C/C(=O)O)o2)cc1Cl.O. The smallest absolute Gasteiger partial charge is 0.328 e. The van der Waals surface area contributed by atoms with Crippen molar-refractivity contribution in [2.45, 2.75) is 0 Å². The van der Waals surface area contributed by atoms with Crippen LogP contribution in [-0.2, 0) is 4.79 Å². The molecule has 0 fully saturated rings. The number of hydrogen-bond donors (Lipinski definition) is 1. The summed E-state index contributed by atoms with van der Waals surface area (Å²) in [7, 11) is 1.54. The maximum Gasteiger partial charge on any atom is 0.328 e. The molecule has 0 radical (unpaired) electrons. The van der Waals surface area contributed by atoms with Gasteiger partial charge in [0, 0.05) is 11.6 Å². The summed E-state index contributed by atoms with van der Waals surface area (Å²) in [5.74, 6) is 0.632. The van der Waals surface area contributed by atoms with E-state index in [9.17, 15) is 4.79 Å². The Morgan fingerprint density at radius 3 is 2.70 bits per heavy atom. The lowest BCUT2D eigenvalue weighted by molar-refractivity contribution is -0.131. The molecular formula is C14H13ClO5. The topological polar surface area (TPSA) is 91.2 Å². The van der Waals surface area contributed by atoms with Gasteiger partial charge in [0.1, 0.15) is 17.3 Å². The third-order valence-electron chi connectivity index (χ3n) is 2.45. The highest BCUT2D eigenvalue weighted by atomic mass is 35.5. The Labute approximate surface area is 120 Å². The normalized spacial score (nSPS) is 10.3. The summed E-state index contributed by atoms with van der Waals surface area (Å²) in [5.41, 5.74) is 0.792. The number of carbonyl (C=O) groups is 1. The van der Waals surface area contributed by atoms with Crippen molar-refractivity contribution in [2.24, 2.45) is 0 Å². The minimum absolute atomic E-state index is 0. The lowest BCUT2D eigenvalue weighted by Crippen LogP contribution is -1.85. The van der Waals surface area contributed by atoms with Gasteiger partial charge < -0.3 is 19.7 Å². The largest absolute Gasteiger partial charge is 0.495 e. The Morgan fingerprint density at radius 1 is 1.35 bits per heavy atom. The van der Waals surface area contributed by atoms with E-state index in [2.05, 4.69) is 0 Å². The molecule has 1 heterocycles. The zero-order valence-electron chi connectivity index (χ0n) is 10.6. The molecule has 6 heteroatoms. The predicted molar refractivity (Wildman–Crippen MR) is 76.0 cm³/mol. The summed E-state index contributed by atoms with van der Waals surface area (Å²) in [5, 5.41) is 9.02. The molecule has 0 unspecified atom stereocenters. The van der Waals surface area contributed by atoms with Crippen molar-refractivity contribution in [2.75, 3.05) is 7.11 Å². The second-order valence-electron chi connectivity index (χ2n) is 3.72. The number of aliphatic carboxylic acids is 1. The van der Waals surface area contributed by atoms with Crippen molar-refractivity contribution in [1.82, 2.24) is 0 Å². The van der Waals surface area contributed by atoms with Gasteiger partial charge in [0.2, 0.25) is 0 Å². The van der Waals surface area contributed by atoms with Gasteiger partial charge in [-0.1, -0.05) is 11.6 Å². The molecule has 0 aliphatic heterocycles. The molecular weight excluding hydrogens is 284 g/mol. The molecule has 0 spiro atoms. The van der Waals surface area contributed by atoms with Gasteiger partial charge in [-0.3, -0.25) is 0 Å². The summed E-state index contributed by atoms with van der Waals surface area (Å²) >= 11 is 6.03. The molecule has 0 aliphatic rings. The molecule has 106 valence electrons. The molecule has 0 saturated carbocycles. The Bertz CT molecular complexity index is 630. The molecule has 2 aromatic rings. The first kappa shape index (κ1) is 15.8. The van der Waals surface area contributed by atoms with Crippen molar-refractivity contribution in [3.05, 3.63) is 47.2 Å². The first-order valence-corrected chi connectivity index (χ1v) is 5.82. The highest BCUT2D eigenvalue weighted by Crippen LogP contribution is 2.31. The molecule has 1 aromatic carbocycles. The Hall–Kier alpha value is -2.24. The Kier molecular flexibility index (Phi) is 5.37. The lowest BCUT2D eigenvalue weighted by Gasteiger charge is -2.03. The number of benzene rings is 1. The summed E-state index contributed by atoms with van der Waals surface area (Å²) in [4.78, 5) is 10.4. The van der Waals surface area contributed by atoms with E-state index in [1.165, 1.54) is 6.08 Å². The third-order valence-corrected chi connectivity index (χ3v) is 2.75. The van der Waals surface area contributed by atoms with Crippen LogP contribution in [-0.4, -0.2) is 23.7 Å². The van der Waals surface area contributed by atoms with E-state index in [0.29, 0.717) is 22.3 Å². The minimum Gasteiger partial charge on any atom is -0.495 e. The summed E-state index contributed by atoms with van der Waals surface area (Å²) in [6.45, 7) is 0. The quantitative estimate of drug-likeness (QED) is 0.878. The summed E-state index contributed by atoms with van der Waals surface area (Å²) < 4.78 is 10.6. The van der Waals surface area contributed by atoms with Crippen LogP contribution < -0.4 is 4.74 Å². The molecule has 1 aromatic heterocycles. The van der Waals surface area contributed by atoms with E-state index in [1.54, 1.807) is 31.4 Å². The number of ether oxygens (including phenoxy) is 1. The average molecular weight is 297 g/mol. The first-order valence-electron chi connectivity index (χ1n) is 5.45. The van der Waals surface area contributed by atoms with Gasteiger partial charge in [0.05, 0.1) is 12.1 Å². The van der Waals surface area contributed by atoms with Gasteiger partial charge in [-0.05, 0) is 36.4 Å². The molecule has 0 amide bonds. The molecule has 20 heavy (non-hydrogen) atoms. The van der Waals surface area contributed by atoms with E-state index in [0.717, 1.165) is 11.6 Å². The summed E-state index contributed by atoms with van der Waals surface area (Å²) in [6, 6.07) is 8.72. The maximum absolute atomic E-state index is 10.4. The van der Waals surface area contributed by atoms with Crippen LogP contribution in [0, 0.1) is 0 Å². The standard InChI is InChI=1S/C14H11ClO4.H2O/c1-18-13-5-2-9(8-11(13)15)12-6-3-10(19-12)4-7-14(16)17;/h2-8H,1H3,(H,16,17);1H2/b7-4+;. The zero-order valence-corrected chi connectivity index (χ0v) is 11.3. The van der Waals surface area contributed by atoms with Gasteiger partial charge in [-0.25, -0.2) is 4.79 Å². The fourth-order valence-electron chi connectivity index (χ4n) is 1.57.